The standard InChI is InChI=1S/C18H21N3O3/c1-13-2-4-14(5-3-13)17(22)20-6-8-21(9-7-20)18(23)15-10-16(11-19)24-12-15/h2-5,10,12H,6-9,11,19H2,1H3. The first-order chi connectivity index (χ1) is 11.6. The van der Waals surface area contributed by atoms with Gasteiger partial charge in [-0.3, -0.25) is 9.59 Å². The van der Waals surface area contributed by atoms with Gasteiger partial charge in [0.25, 0.3) is 11.8 Å². The Morgan fingerprint density at radius 1 is 1.00 bits per heavy atom. The van der Waals surface area contributed by atoms with Crippen molar-refractivity contribution in [1.82, 2.24) is 9.80 Å². The number of nitrogens with two attached hydrogens (primary N) is 1. The van der Waals surface area contributed by atoms with Gasteiger partial charge in [0.1, 0.15) is 12.0 Å². The molecule has 126 valence electrons. The minimum absolute atomic E-state index is 0.0100. The third kappa shape index (κ3) is 3.33. The minimum atomic E-state index is -0.0825. The first-order valence-corrected chi connectivity index (χ1v) is 8.01. The van der Waals surface area contributed by atoms with E-state index in [0.29, 0.717) is 43.1 Å². The lowest BCUT2D eigenvalue weighted by molar-refractivity contribution is 0.0535. The summed E-state index contributed by atoms with van der Waals surface area (Å²) in [5.74, 6) is 0.517. The molecule has 6 heteroatoms. The molecule has 2 heterocycles. The third-order valence-electron chi connectivity index (χ3n) is 4.25. The summed E-state index contributed by atoms with van der Waals surface area (Å²) in [6.45, 7) is 4.34. The van der Waals surface area contributed by atoms with E-state index in [-0.39, 0.29) is 18.4 Å². The second-order valence-electron chi connectivity index (χ2n) is 5.96. The van der Waals surface area contributed by atoms with Crippen LogP contribution >= 0.6 is 0 Å². The quantitative estimate of drug-likeness (QED) is 0.929. The van der Waals surface area contributed by atoms with Gasteiger partial charge in [-0.1, -0.05) is 17.7 Å². The van der Waals surface area contributed by atoms with Crippen molar-refractivity contribution in [2.75, 3.05) is 26.2 Å². The molecule has 1 aliphatic rings. The number of rotatable bonds is 3. The normalized spacial score (nSPS) is 14.8. The lowest BCUT2D eigenvalue weighted by atomic mass is 10.1. The van der Waals surface area contributed by atoms with E-state index in [1.807, 2.05) is 31.2 Å². The molecule has 0 bridgehead atoms. The summed E-state index contributed by atoms with van der Waals surface area (Å²) in [4.78, 5) is 28.5. The van der Waals surface area contributed by atoms with Gasteiger partial charge < -0.3 is 20.0 Å². The first-order valence-electron chi connectivity index (χ1n) is 8.01. The largest absolute Gasteiger partial charge is 0.467 e. The Balaban J connectivity index is 1.60. The van der Waals surface area contributed by atoms with Crippen molar-refractivity contribution in [3.05, 3.63) is 59.0 Å². The number of nitrogens with zero attached hydrogens (tertiary/aromatic N) is 2. The van der Waals surface area contributed by atoms with Crippen molar-refractivity contribution in [1.29, 1.82) is 0 Å². The van der Waals surface area contributed by atoms with E-state index >= 15 is 0 Å². The van der Waals surface area contributed by atoms with E-state index in [1.54, 1.807) is 15.9 Å². The monoisotopic (exact) mass is 327 g/mol. The molecule has 2 N–H and O–H groups in total. The highest BCUT2D eigenvalue weighted by Crippen LogP contribution is 2.14. The van der Waals surface area contributed by atoms with Crippen LogP contribution in [0.1, 0.15) is 32.0 Å². The van der Waals surface area contributed by atoms with Gasteiger partial charge in [0.05, 0.1) is 12.1 Å². The second-order valence-corrected chi connectivity index (χ2v) is 5.96. The average Bonchev–Trinajstić information content (AvgIpc) is 3.10. The summed E-state index contributed by atoms with van der Waals surface area (Å²) >= 11 is 0. The molecule has 2 aromatic rings. The van der Waals surface area contributed by atoms with E-state index in [9.17, 15) is 9.59 Å². The molecular formula is C18H21N3O3. The zero-order chi connectivity index (χ0) is 17.1. The second kappa shape index (κ2) is 6.88. The zero-order valence-corrected chi connectivity index (χ0v) is 13.7. The Morgan fingerprint density at radius 3 is 2.04 bits per heavy atom. The molecule has 1 aromatic heterocycles. The highest BCUT2D eigenvalue weighted by Gasteiger charge is 2.26. The molecule has 6 nitrogen and oxygen atoms in total. The molecule has 1 fully saturated rings. The van der Waals surface area contributed by atoms with Crippen molar-refractivity contribution < 1.29 is 14.0 Å². The average molecular weight is 327 g/mol. The van der Waals surface area contributed by atoms with Crippen LogP contribution < -0.4 is 5.73 Å². The fraction of sp³-hybridized carbons (Fsp3) is 0.333. The van der Waals surface area contributed by atoms with E-state index in [4.69, 9.17) is 10.2 Å². The van der Waals surface area contributed by atoms with Crippen molar-refractivity contribution in [2.45, 2.75) is 13.5 Å². The van der Waals surface area contributed by atoms with Gasteiger partial charge in [0.15, 0.2) is 0 Å². The van der Waals surface area contributed by atoms with Crippen LogP contribution in [-0.4, -0.2) is 47.8 Å². The van der Waals surface area contributed by atoms with Crippen LogP contribution in [0.25, 0.3) is 0 Å². The Bertz CT molecular complexity index is 728. The van der Waals surface area contributed by atoms with Crippen molar-refractivity contribution >= 4 is 11.8 Å². The summed E-state index contributed by atoms with van der Waals surface area (Å²) in [6.07, 6.45) is 1.44. The topological polar surface area (TPSA) is 79.8 Å². The van der Waals surface area contributed by atoms with Gasteiger partial charge >= 0.3 is 0 Å². The zero-order valence-electron chi connectivity index (χ0n) is 13.7. The van der Waals surface area contributed by atoms with Gasteiger partial charge in [0, 0.05) is 31.7 Å². The maximum Gasteiger partial charge on any atom is 0.257 e. The fourth-order valence-corrected chi connectivity index (χ4v) is 2.77. The highest BCUT2D eigenvalue weighted by atomic mass is 16.3. The van der Waals surface area contributed by atoms with E-state index < -0.39 is 0 Å². The lowest BCUT2D eigenvalue weighted by Gasteiger charge is -2.34. The Kier molecular flexibility index (Phi) is 4.66. The number of aryl methyl sites for hydroxylation is 1. The summed E-state index contributed by atoms with van der Waals surface area (Å²) in [6, 6.07) is 9.22. The molecule has 0 unspecified atom stereocenters. The molecular weight excluding hydrogens is 306 g/mol. The predicted molar refractivity (Wildman–Crippen MR) is 89.6 cm³/mol. The molecule has 1 aliphatic heterocycles. The molecule has 1 saturated heterocycles. The SMILES string of the molecule is Cc1ccc(C(=O)N2CCN(C(=O)c3coc(CN)c3)CC2)cc1. The molecule has 24 heavy (non-hydrogen) atoms. The number of furan rings is 1. The summed E-state index contributed by atoms with van der Waals surface area (Å²) in [5, 5.41) is 0. The number of carbonyl (C=O) groups excluding carboxylic acids is 2. The number of carbonyl (C=O) groups is 2. The van der Waals surface area contributed by atoms with Crippen molar-refractivity contribution in [2.24, 2.45) is 5.73 Å². The van der Waals surface area contributed by atoms with Gasteiger partial charge in [-0.15, -0.1) is 0 Å². The Morgan fingerprint density at radius 2 is 1.54 bits per heavy atom. The van der Waals surface area contributed by atoms with Crippen LogP contribution in [0.15, 0.2) is 41.0 Å². The van der Waals surface area contributed by atoms with Gasteiger partial charge in [-0.25, -0.2) is 0 Å². The van der Waals surface area contributed by atoms with E-state index in [1.165, 1.54) is 6.26 Å². The summed E-state index contributed by atoms with van der Waals surface area (Å²) in [5.41, 5.74) is 7.81. The Hall–Kier alpha value is -2.60. The van der Waals surface area contributed by atoms with Crippen molar-refractivity contribution in [3.8, 4) is 0 Å². The number of hydrogen-bond acceptors (Lipinski definition) is 4. The van der Waals surface area contributed by atoms with Gasteiger partial charge in [-0.2, -0.15) is 0 Å². The molecule has 3 rings (SSSR count). The van der Waals surface area contributed by atoms with Crippen LogP contribution in [0, 0.1) is 6.92 Å². The summed E-state index contributed by atoms with van der Waals surface area (Å²) in [7, 11) is 0. The third-order valence-corrected chi connectivity index (χ3v) is 4.25. The van der Waals surface area contributed by atoms with E-state index in [2.05, 4.69) is 0 Å². The van der Waals surface area contributed by atoms with Crippen LogP contribution in [0.4, 0.5) is 0 Å². The minimum Gasteiger partial charge on any atom is -0.467 e. The molecule has 1 aromatic carbocycles. The summed E-state index contributed by atoms with van der Waals surface area (Å²) < 4.78 is 5.22. The molecule has 0 saturated carbocycles. The van der Waals surface area contributed by atoms with Gasteiger partial charge in [0.2, 0.25) is 0 Å². The van der Waals surface area contributed by atoms with Crippen LogP contribution in [0.2, 0.25) is 0 Å². The number of hydrogen-bond donors (Lipinski definition) is 1. The number of benzene rings is 1. The molecule has 0 atom stereocenters. The smallest absolute Gasteiger partial charge is 0.257 e. The fourth-order valence-electron chi connectivity index (χ4n) is 2.77. The maximum absolute atomic E-state index is 12.5. The van der Waals surface area contributed by atoms with Crippen LogP contribution in [0.5, 0.6) is 0 Å². The number of piperazine rings is 1. The first kappa shape index (κ1) is 16.3. The van der Waals surface area contributed by atoms with Crippen LogP contribution in [-0.2, 0) is 6.54 Å². The maximum atomic E-state index is 12.5. The van der Waals surface area contributed by atoms with Crippen molar-refractivity contribution in [3.63, 3.8) is 0 Å². The molecule has 0 radical (unpaired) electrons. The Labute approximate surface area is 140 Å². The molecule has 2 amide bonds. The molecule has 0 spiro atoms. The van der Waals surface area contributed by atoms with E-state index in [0.717, 1.165) is 5.56 Å². The predicted octanol–water partition coefficient (Wildman–Crippen LogP) is 1.64. The number of amides is 2. The lowest BCUT2D eigenvalue weighted by Crippen LogP contribution is -2.50. The highest BCUT2D eigenvalue weighted by molar-refractivity contribution is 5.95. The van der Waals surface area contributed by atoms with Gasteiger partial charge in [-0.05, 0) is 25.1 Å². The van der Waals surface area contributed by atoms with Crippen LogP contribution in [0.3, 0.4) is 0 Å². The molecule has 0 aliphatic carbocycles.